The zero-order valence-corrected chi connectivity index (χ0v) is 23.2. The molecular weight excluding hydrogens is 529 g/mol. The number of para-hydroxylation sites is 4. The van der Waals surface area contributed by atoms with E-state index in [1.807, 2.05) is 23.9 Å². The maximum Gasteiger partial charge on any atom is 0.252 e. The molecule has 0 N–H and O–H groups in total. The van der Waals surface area contributed by atoms with Gasteiger partial charge in [-0.05, 0) is 76.0 Å². The summed E-state index contributed by atoms with van der Waals surface area (Å²) >= 11 is 1.87. The summed E-state index contributed by atoms with van der Waals surface area (Å²) in [5.41, 5.74) is 14.5. The molecule has 3 nitrogen and oxygen atoms in total. The molecular formula is C37H20BN3S. The van der Waals surface area contributed by atoms with Gasteiger partial charge in [-0.1, -0.05) is 84.6 Å². The lowest BCUT2D eigenvalue weighted by atomic mass is 9.33. The van der Waals surface area contributed by atoms with Crippen LogP contribution in [0.4, 0.5) is 17.1 Å². The summed E-state index contributed by atoms with van der Waals surface area (Å²) < 4.78 is 2.50. The Hall–Kier alpha value is -5.18. The van der Waals surface area contributed by atoms with Crippen molar-refractivity contribution in [3.8, 4) is 22.9 Å². The highest BCUT2D eigenvalue weighted by molar-refractivity contribution is 7.99. The van der Waals surface area contributed by atoms with Crippen LogP contribution < -0.4 is 21.3 Å². The third kappa shape index (κ3) is 2.73. The minimum atomic E-state index is 0.127. The van der Waals surface area contributed by atoms with Crippen LogP contribution in [-0.4, -0.2) is 11.3 Å². The van der Waals surface area contributed by atoms with E-state index in [0.29, 0.717) is 5.56 Å². The third-order valence-corrected chi connectivity index (χ3v) is 10.3. The molecule has 5 heteroatoms. The fourth-order valence-corrected chi connectivity index (χ4v) is 8.61. The summed E-state index contributed by atoms with van der Waals surface area (Å²) in [5, 5.41) is 12.0. The zero-order valence-electron chi connectivity index (χ0n) is 22.4. The minimum Gasteiger partial charge on any atom is -0.310 e. The molecule has 0 bridgehead atoms. The fraction of sp³-hybridized carbons (Fsp3) is 0. The molecule has 7 aromatic rings. The van der Waals surface area contributed by atoms with Crippen LogP contribution in [-0.2, 0) is 0 Å². The highest BCUT2D eigenvalue weighted by atomic mass is 32.2. The largest absolute Gasteiger partial charge is 0.310 e. The van der Waals surface area contributed by atoms with E-state index in [1.54, 1.807) is 0 Å². The van der Waals surface area contributed by atoms with Crippen molar-refractivity contribution in [3.05, 3.63) is 127 Å². The molecule has 4 heterocycles. The van der Waals surface area contributed by atoms with Crippen LogP contribution in [0.25, 0.3) is 38.6 Å². The van der Waals surface area contributed by atoms with Crippen LogP contribution in [0.1, 0.15) is 5.56 Å². The third-order valence-electron chi connectivity index (χ3n) is 9.18. The molecule has 6 aromatic carbocycles. The Morgan fingerprint density at radius 3 is 2.26 bits per heavy atom. The summed E-state index contributed by atoms with van der Waals surface area (Å²) in [5.74, 6) is 0. The predicted octanol–water partition coefficient (Wildman–Crippen LogP) is 7.40. The number of benzene rings is 6. The highest BCUT2D eigenvalue weighted by Gasteiger charge is 2.44. The fourth-order valence-electron chi connectivity index (χ4n) is 7.51. The number of hydrogen-bond acceptors (Lipinski definition) is 3. The van der Waals surface area contributed by atoms with Crippen molar-refractivity contribution in [1.29, 1.82) is 5.26 Å². The number of hydrogen-bond donors (Lipinski definition) is 0. The Morgan fingerprint density at radius 1 is 0.619 bits per heavy atom. The molecule has 10 rings (SSSR count). The maximum absolute atomic E-state index is 9.45. The van der Waals surface area contributed by atoms with Gasteiger partial charge in [-0.15, -0.1) is 0 Å². The van der Waals surface area contributed by atoms with Gasteiger partial charge in [0.1, 0.15) is 0 Å². The van der Waals surface area contributed by atoms with Crippen LogP contribution in [0.5, 0.6) is 0 Å². The summed E-state index contributed by atoms with van der Waals surface area (Å²) in [6.45, 7) is 0.127. The van der Waals surface area contributed by atoms with Crippen molar-refractivity contribution < 1.29 is 0 Å². The first-order valence-corrected chi connectivity index (χ1v) is 15.0. The van der Waals surface area contributed by atoms with Gasteiger partial charge in [0.15, 0.2) is 0 Å². The lowest BCUT2D eigenvalue weighted by Crippen LogP contribution is -2.60. The van der Waals surface area contributed by atoms with E-state index in [0.717, 1.165) is 11.1 Å². The van der Waals surface area contributed by atoms with E-state index in [9.17, 15) is 5.26 Å². The van der Waals surface area contributed by atoms with E-state index in [1.165, 1.54) is 70.7 Å². The van der Waals surface area contributed by atoms with Crippen molar-refractivity contribution in [2.24, 2.45) is 0 Å². The molecule has 192 valence electrons. The molecule has 42 heavy (non-hydrogen) atoms. The Balaban J connectivity index is 1.40. The maximum atomic E-state index is 9.45. The first-order valence-electron chi connectivity index (χ1n) is 14.2. The van der Waals surface area contributed by atoms with E-state index in [2.05, 4.69) is 125 Å². The Kier molecular flexibility index (Phi) is 4.27. The molecule has 0 fully saturated rings. The second-order valence-electron chi connectivity index (χ2n) is 11.2. The number of nitrogens with zero attached hydrogens (tertiary/aromatic N) is 3. The van der Waals surface area contributed by atoms with Gasteiger partial charge in [0.2, 0.25) is 0 Å². The first-order chi connectivity index (χ1) is 20.8. The quantitative estimate of drug-likeness (QED) is 0.200. The SMILES string of the molecule is N#Cc1ccc(-c2cc3c4c(c2)-n2c5ccccc5c5cccc(c52)B4c2cccc4c2N3c2ccccc2S4)cc1. The molecule has 0 amide bonds. The van der Waals surface area contributed by atoms with E-state index < -0.39 is 0 Å². The molecule has 1 aromatic heterocycles. The second kappa shape index (κ2) is 7.97. The van der Waals surface area contributed by atoms with Gasteiger partial charge in [0.25, 0.3) is 6.71 Å². The average Bonchev–Trinajstić information content (AvgIpc) is 3.39. The van der Waals surface area contributed by atoms with Crippen molar-refractivity contribution in [1.82, 2.24) is 4.57 Å². The molecule has 0 spiro atoms. The lowest BCUT2D eigenvalue weighted by Gasteiger charge is -2.43. The molecule has 0 saturated carbocycles. The average molecular weight is 549 g/mol. The second-order valence-corrected chi connectivity index (χ2v) is 12.3. The van der Waals surface area contributed by atoms with Gasteiger partial charge in [-0.25, -0.2) is 0 Å². The summed E-state index contributed by atoms with van der Waals surface area (Å²) in [7, 11) is 0. The number of fused-ring (bicyclic) bond motifs is 9. The van der Waals surface area contributed by atoms with Gasteiger partial charge < -0.3 is 9.47 Å². The number of rotatable bonds is 1. The van der Waals surface area contributed by atoms with Crippen LogP contribution in [0.3, 0.4) is 0 Å². The first kappa shape index (κ1) is 22.5. The molecule has 0 atom stereocenters. The van der Waals surface area contributed by atoms with E-state index >= 15 is 0 Å². The zero-order chi connectivity index (χ0) is 27.5. The van der Waals surface area contributed by atoms with Crippen LogP contribution in [0.15, 0.2) is 131 Å². The monoisotopic (exact) mass is 549 g/mol. The highest BCUT2D eigenvalue weighted by Crippen LogP contribution is 2.53. The molecule has 0 radical (unpaired) electrons. The number of anilines is 3. The van der Waals surface area contributed by atoms with Crippen LogP contribution in [0, 0.1) is 11.3 Å². The van der Waals surface area contributed by atoms with Crippen molar-refractivity contribution in [3.63, 3.8) is 0 Å². The van der Waals surface area contributed by atoms with E-state index in [4.69, 9.17) is 0 Å². The molecule has 0 unspecified atom stereocenters. The van der Waals surface area contributed by atoms with Gasteiger partial charge in [-0.3, -0.25) is 0 Å². The summed E-state index contributed by atoms with van der Waals surface area (Å²) in [6.07, 6.45) is 0. The molecule has 0 saturated heterocycles. The van der Waals surface area contributed by atoms with Crippen molar-refractivity contribution in [2.75, 3.05) is 4.90 Å². The van der Waals surface area contributed by atoms with Crippen molar-refractivity contribution >= 4 is 73.7 Å². The molecule has 0 aliphatic carbocycles. The molecule has 3 aliphatic rings. The Bertz CT molecular complexity index is 2360. The minimum absolute atomic E-state index is 0.127. The topological polar surface area (TPSA) is 32.0 Å². The van der Waals surface area contributed by atoms with E-state index in [-0.39, 0.29) is 6.71 Å². The number of aromatic nitrogens is 1. The van der Waals surface area contributed by atoms with Gasteiger partial charge in [0.05, 0.1) is 28.5 Å². The predicted molar refractivity (Wildman–Crippen MR) is 174 cm³/mol. The Morgan fingerprint density at radius 2 is 1.36 bits per heavy atom. The number of nitriles is 1. The van der Waals surface area contributed by atoms with Crippen LogP contribution >= 0.6 is 11.8 Å². The van der Waals surface area contributed by atoms with Crippen molar-refractivity contribution in [2.45, 2.75) is 9.79 Å². The normalized spacial score (nSPS) is 13.5. The summed E-state index contributed by atoms with van der Waals surface area (Å²) in [6, 6.07) is 46.2. The Labute approximate surface area is 247 Å². The standard InChI is InChI=1S/C37H20BN3S/c39-21-22-15-17-23(18-16-22)24-19-31-35-32(20-24)41-30-12-3-4-13-33(30)42-34-14-6-10-28(37(34)41)38(35)27-9-5-8-26-25-7-1-2-11-29(25)40(31)36(26)27/h1-20H. The molecule has 3 aliphatic heterocycles. The van der Waals surface area contributed by atoms with Gasteiger partial charge >= 0.3 is 0 Å². The summed E-state index contributed by atoms with van der Waals surface area (Å²) in [4.78, 5) is 5.07. The van der Waals surface area contributed by atoms with Crippen LogP contribution in [0.2, 0.25) is 0 Å². The lowest BCUT2D eigenvalue weighted by molar-refractivity contribution is 1.15. The van der Waals surface area contributed by atoms with Gasteiger partial charge in [-0.2, -0.15) is 5.26 Å². The van der Waals surface area contributed by atoms with Gasteiger partial charge in [0, 0.05) is 37.5 Å². The smallest absolute Gasteiger partial charge is 0.252 e.